The van der Waals surface area contributed by atoms with Crippen molar-refractivity contribution in [2.75, 3.05) is 53.5 Å². The van der Waals surface area contributed by atoms with Crippen LogP contribution in [0.2, 0.25) is 10.0 Å². The van der Waals surface area contributed by atoms with Gasteiger partial charge in [-0.1, -0.05) is 71.7 Å². The average Bonchev–Trinajstić information content (AvgIpc) is 3.68. The summed E-state index contributed by atoms with van der Waals surface area (Å²) >= 11 is 14.3. The van der Waals surface area contributed by atoms with Gasteiger partial charge in [-0.05, 0) is 12.1 Å². The lowest BCUT2D eigenvalue weighted by Crippen LogP contribution is -2.56. The Morgan fingerprint density at radius 1 is 0.640 bits per heavy atom. The van der Waals surface area contributed by atoms with Crippen LogP contribution in [-0.4, -0.2) is 85.1 Å². The topological polar surface area (TPSA) is 109 Å². The summed E-state index contributed by atoms with van der Waals surface area (Å²) in [6, 6.07) is 19.7. The number of pyridine rings is 2. The van der Waals surface area contributed by atoms with E-state index in [9.17, 15) is 9.59 Å². The molecule has 0 atom stereocenters. The summed E-state index contributed by atoms with van der Waals surface area (Å²) in [5.74, 6) is 1.38. The van der Waals surface area contributed by atoms with Crippen molar-refractivity contribution >= 4 is 35.0 Å². The first-order valence-electron chi connectivity index (χ1n) is 16.8. The van der Waals surface area contributed by atoms with Gasteiger partial charge in [0, 0.05) is 109 Å². The molecule has 8 rings (SSSR count). The lowest BCUT2D eigenvalue weighted by molar-refractivity contribution is -0.121. The van der Waals surface area contributed by atoms with E-state index < -0.39 is 0 Å². The first-order chi connectivity index (χ1) is 24.2. The highest BCUT2D eigenvalue weighted by Gasteiger charge is 2.49. The fourth-order valence-corrected chi connectivity index (χ4v) is 8.82. The maximum atomic E-state index is 11.7. The molecule has 2 N–H and O–H groups in total. The molecule has 4 aromatic rings. The normalized spacial score (nSPS) is 19.3. The number of aromatic nitrogens is 2. The van der Waals surface area contributed by atoms with E-state index in [0.717, 1.165) is 72.6 Å². The molecule has 0 bridgehead atoms. The Morgan fingerprint density at radius 2 is 1.04 bits per heavy atom. The number of nitrogens with zero attached hydrogens (tertiary/aromatic N) is 4. The minimum atomic E-state index is 0.0606. The molecule has 4 aliphatic heterocycles. The molecule has 4 aliphatic rings. The molecule has 0 saturated carbocycles. The largest absolute Gasteiger partial charge is 0.481 e. The molecule has 4 saturated heterocycles. The Morgan fingerprint density at radius 3 is 1.40 bits per heavy atom. The van der Waals surface area contributed by atoms with Crippen LogP contribution >= 0.6 is 23.2 Å². The molecule has 258 valence electrons. The second kappa shape index (κ2) is 12.8. The quantitative estimate of drug-likeness (QED) is 0.236. The number of ether oxygens (including phenoxy) is 2. The lowest BCUT2D eigenvalue weighted by atomic mass is 9.79. The second-order valence-corrected chi connectivity index (χ2v) is 15.0. The first-order valence-corrected chi connectivity index (χ1v) is 17.6. The zero-order valence-electron chi connectivity index (χ0n) is 28.0. The molecule has 2 aromatic carbocycles. The van der Waals surface area contributed by atoms with E-state index >= 15 is 0 Å². The number of methoxy groups -OCH3 is 2. The van der Waals surface area contributed by atoms with Crippen molar-refractivity contribution in [2.24, 2.45) is 10.8 Å². The van der Waals surface area contributed by atoms with Gasteiger partial charge in [-0.2, -0.15) is 0 Å². The fraction of sp³-hybridized carbons (Fsp3) is 0.368. The number of benzene rings is 2. The predicted octanol–water partition coefficient (Wildman–Crippen LogP) is 5.45. The van der Waals surface area contributed by atoms with Crippen molar-refractivity contribution in [3.05, 3.63) is 81.8 Å². The van der Waals surface area contributed by atoms with Crippen LogP contribution in [0.3, 0.4) is 0 Å². The molecule has 6 heterocycles. The van der Waals surface area contributed by atoms with Gasteiger partial charge in [-0.15, -0.1) is 0 Å². The Bertz CT molecular complexity index is 1870. The summed E-state index contributed by atoms with van der Waals surface area (Å²) in [5.41, 5.74) is 6.57. The molecule has 2 spiro atoms. The summed E-state index contributed by atoms with van der Waals surface area (Å²) in [6.45, 7) is 6.38. The van der Waals surface area contributed by atoms with Crippen LogP contribution in [0.25, 0.3) is 33.6 Å². The molecule has 4 fully saturated rings. The lowest BCUT2D eigenvalue weighted by Gasteiger charge is -2.47. The SMILES string of the molecule is COc1nc(-c2cccc(-c3cccc(-c4ccc(CN5CC6(CNC(=O)C6)C5)c(OC)n4)c3Cl)c2Cl)ccc1CN1CC2(CNC(=O)C2)C1. The average molecular weight is 714 g/mol. The van der Waals surface area contributed by atoms with E-state index in [0.29, 0.717) is 59.1 Å². The van der Waals surface area contributed by atoms with E-state index in [4.69, 9.17) is 42.6 Å². The van der Waals surface area contributed by atoms with Crippen LogP contribution < -0.4 is 20.1 Å². The molecule has 2 amide bonds. The third kappa shape index (κ3) is 5.98. The van der Waals surface area contributed by atoms with Crippen LogP contribution in [-0.2, 0) is 22.7 Å². The molecule has 2 aromatic heterocycles. The van der Waals surface area contributed by atoms with Crippen LogP contribution in [0.4, 0.5) is 0 Å². The Kier molecular flexibility index (Phi) is 8.46. The van der Waals surface area contributed by atoms with E-state index in [1.807, 2.05) is 60.7 Å². The van der Waals surface area contributed by atoms with E-state index in [1.54, 1.807) is 14.2 Å². The van der Waals surface area contributed by atoms with Gasteiger partial charge in [0.05, 0.1) is 35.7 Å². The number of hydrogen-bond acceptors (Lipinski definition) is 8. The number of rotatable bonds is 9. The predicted molar refractivity (Wildman–Crippen MR) is 192 cm³/mol. The monoisotopic (exact) mass is 712 g/mol. The van der Waals surface area contributed by atoms with E-state index in [-0.39, 0.29) is 22.6 Å². The van der Waals surface area contributed by atoms with Crippen molar-refractivity contribution in [2.45, 2.75) is 25.9 Å². The molecule has 10 nitrogen and oxygen atoms in total. The van der Waals surface area contributed by atoms with Crippen LogP contribution in [0, 0.1) is 10.8 Å². The Balaban J connectivity index is 1.01. The smallest absolute Gasteiger partial charge is 0.220 e. The van der Waals surface area contributed by atoms with Crippen molar-refractivity contribution in [3.8, 4) is 45.4 Å². The summed E-state index contributed by atoms with van der Waals surface area (Å²) in [5, 5.41) is 6.99. The highest BCUT2D eigenvalue weighted by molar-refractivity contribution is 6.39. The molecule has 12 heteroatoms. The van der Waals surface area contributed by atoms with Gasteiger partial charge in [-0.25, -0.2) is 9.97 Å². The number of carbonyl (C=O) groups excluding carboxylic acids is 2. The summed E-state index contributed by atoms with van der Waals surface area (Å²) in [6.07, 6.45) is 1.19. The maximum Gasteiger partial charge on any atom is 0.220 e. The van der Waals surface area contributed by atoms with Crippen LogP contribution in [0.15, 0.2) is 60.7 Å². The zero-order valence-corrected chi connectivity index (χ0v) is 29.5. The minimum absolute atomic E-state index is 0.0606. The van der Waals surface area contributed by atoms with E-state index in [1.165, 1.54) is 0 Å². The van der Waals surface area contributed by atoms with Gasteiger partial charge in [-0.3, -0.25) is 19.4 Å². The number of nitrogens with one attached hydrogen (secondary N) is 2. The van der Waals surface area contributed by atoms with Crippen molar-refractivity contribution in [1.29, 1.82) is 0 Å². The van der Waals surface area contributed by atoms with Crippen molar-refractivity contribution < 1.29 is 19.1 Å². The van der Waals surface area contributed by atoms with Gasteiger partial charge in [0.15, 0.2) is 0 Å². The highest BCUT2D eigenvalue weighted by atomic mass is 35.5. The summed E-state index contributed by atoms with van der Waals surface area (Å²) in [7, 11) is 3.26. The molecular formula is C38H38Cl2N6O4. The van der Waals surface area contributed by atoms with Crippen molar-refractivity contribution in [1.82, 2.24) is 30.4 Å². The number of amides is 2. The molecule has 0 radical (unpaired) electrons. The Hall–Kier alpha value is -4.22. The summed E-state index contributed by atoms with van der Waals surface area (Å²) in [4.78, 5) is 37.9. The maximum absolute atomic E-state index is 11.7. The zero-order chi connectivity index (χ0) is 34.6. The third-order valence-electron chi connectivity index (χ3n) is 10.5. The minimum Gasteiger partial charge on any atom is -0.481 e. The fourth-order valence-electron chi connectivity index (χ4n) is 8.17. The molecule has 0 unspecified atom stereocenters. The molecular weight excluding hydrogens is 675 g/mol. The number of hydrogen-bond donors (Lipinski definition) is 2. The number of likely N-dealkylation sites (tertiary alicyclic amines) is 2. The Labute approximate surface area is 301 Å². The number of halogens is 2. The van der Waals surface area contributed by atoms with Crippen LogP contribution in [0.5, 0.6) is 11.8 Å². The third-order valence-corrected chi connectivity index (χ3v) is 11.3. The second-order valence-electron chi connectivity index (χ2n) is 14.3. The molecule has 0 aliphatic carbocycles. The van der Waals surface area contributed by atoms with Crippen molar-refractivity contribution in [3.63, 3.8) is 0 Å². The van der Waals surface area contributed by atoms with Gasteiger partial charge in [0.1, 0.15) is 0 Å². The summed E-state index contributed by atoms with van der Waals surface area (Å²) < 4.78 is 11.5. The highest BCUT2D eigenvalue weighted by Crippen LogP contribution is 2.44. The molecule has 50 heavy (non-hydrogen) atoms. The van der Waals surface area contributed by atoms with Crippen LogP contribution in [0.1, 0.15) is 24.0 Å². The number of carbonyl (C=O) groups is 2. The van der Waals surface area contributed by atoms with Gasteiger partial charge >= 0.3 is 0 Å². The standard InChI is InChI=1S/C38H38Cl2N6O4/c1-49-35-23(15-45-19-37(20-45)13-31(47)41-17-37)9-11-29(43-35)27-7-3-5-25(33(27)39)26-6-4-8-28(34(26)40)30-12-10-24(36(44-30)50-2)16-46-21-38(22-46)14-32(48)42-18-38/h3-12H,13-22H2,1-2H3,(H,41,47)(H,42,48). The van der Waals surface area contributed by atoms with Gasteiger partial charge in [0.25, 0.3) is 0 Å². The van der Waals surface area contributed by atoms with E-state index in [2.05, 4.69) is 20.4 Å². The van der Waals surface area contributed by atoms with Gasteiger partial charge in [0.2, 0.25) is 23.6 Å². The van der Waals surface area contributed by atoms with Gasteiger partial charge < -0.3 is 20.1 Å². The first kappa shape index (κ1) is 33.0.